The molecule has 1 aromatic carbocycles. The van der Waals surface area contributed by atoms with Crippen molar-refractivity contribution < 1.29 is 9.53 Å². The van der Waals surface area contributed by atoms with E-state index in [9.17, 15) is 4.79 Å². The van der Waals surface area contributed by atoms with Gasteiger partial charge >= 0.3 is 0 Å². The van der Waals surface area contributed by atoms with Crippen molar-refractivity contribution in [1.82, 2.24) is 29.7 Å². The second kappa shape index (κ2) is 10.5. The highest BCUT2D eigenvalue weighted by molar-refractivity contribution is 7.99. The molecule has 0 aliphatic carbocycles. The molecule has 4 aromatic rings. The summed E-state index contributed by atoms with van der Waals surface area (Å²) in [6, 6.07) is 13.8. The number of anilines is 3. The Balaban J connectivity index is 1.24. The number of ether oxygens (including phenoxy) is 1. The van der Waals surface area contributed by atoms with Crippen molar-refractivity contribution in [3.05, 3.63) is 54.4 Å². The van der Waals surface area contributed by atoms with Gasteiger partial charge in [-0.15, -0.1) is 5.10 Å². The van der Waals surface area contributed by atoms with Crippen LogP contribution in [0.1, 0.15) is 18.5 Å². The van der Waals surface area contributed by atoms with E-state index in [2.05, 4.69) is 30.8 Å². The Kier molecular flexibility index (Phi) is 6.98. The Labute approximate surface area is 207 Å². The highest BCUT2D eigenvalue weighted by atomic mass is 32.2. The van der Waals surface area contributed by atoms with E-state index in [0.29, 0.717) is 36.0 Å². The zero-order chi connectivity index (χ0) is 24.2. The van der Waals surface area contributed by atoms with Crippen LogP contribution in [0.5, 0.6) is 0 Å². The maximum atomic E-state index is 12.5. The highest BCUT2D eigenvalue weighted by Crippen LogP contribution is 2.29. The van der Waals surface area contributed by atoms with Crippen molar-refractivity contribution >= 4 is 40.5 Å². The number of aromatic nitrogens is 5. The van der Waals surface area contributed by atoms with Crippen molar-refractivity contribution in [3.8, 4) is 0 Å². The van der Waals surface area contributed by atoms with Crippen LogP contribution in [0.15, 0.2) is 58.7 Å². The zero-order valence-electron chi connectivity index (χ0n) is 19.7. The second-order valence-electron chi connectivity index (χ2n) is 8.54. The maximum absolute atomic E-state index is 12.5. The van der Waals surface area contributed by atoms with E-state index in [1.54, 1.807) is 11.6 Å². The number of rotatable bonds is 9. The minimum atomic E-state index is -0.0147. The molecule has 3 N–H and O–H groups in total. The van der Waals surface area contributed by atoms with E-state index in [1.807, 2.05) is 55.6 Å². The Hall–Kier alpha value is -3.41. The van der Waals surface area contributed by atoms with Gasteiger partial charge in [0.25, 0.3) is 0 Å². The van der Waals surface area contributed by atoms with Gasteiger partial charge in [0.15, 0.2) is 11.6 Å². The van der Waals surface area contributed by atoms with Gasteiger partial charge in [-0.1, -0.05) is 0 Å². The molecule has 35 heavy (non-hydrogen) atoms. The number of hydrogen-bond acceptors (Lipinski definition) is 8. The monoisotopic (exact) mass is 492 g/mol. The van der Waals surface area contributed by atoms with Crippen molar-refractivity contribution in [3.63, 3.8) is 0 Å². The highest BCUT2D eigenvalue weighted by Gasteiger charge is 2.26. The zero-order valence-corrected chi connectivity index (χ0v) is 20.5. The molecule has 1 saturated heterocycles. The van der Waals surface area contributed by atoms with E-state index < -0.39 is 0 Å². The number of carbonyl (C=O) groups is 1. The van der Waals surface area contributed by atoms with Crippen LogP contribution in [-0.2, 0) is 9.53 Å². The van der Waals surface area contributed by atoms with E-state index in [0.717, 1.165) is 41.2 Å². The number of likely N-dealkylation sites (tertiary alicyclic amines) is 1. The molecule has 182 valence electrons. The van der Waals surface area contributed by atoms with Crippen LogP contribution in [0.3, 0.4) is 0 Å². The molecule has 3 aromatic heterocycles. The Morgan fingerprint density at radius 3 is 2.91 bits per heavy atom. The summed E-state index contributed by atoms with van der Waals surface area (Å²) >= 11 is 1.45. The third-order valence-corrected chi connectivity index (χ3v) is 6.74. The van der Waals surface area contributed by atoms with E-state index >= 15 is 0 Å². The Bertz CT molecular complexity index is 1300. The number of benzene rings is 1. The van der Waals surface area contributed by atoms with Crippen LogP contribution in [0.2, 0.25) is 0 Å². The molecule has 1 atom stereocenters. The van der Waals surface area contributed by atoms with Crippen molar-refractivity contribution in [2.75, 3.05) is 37.4 Å². The normalized spacial score (nSPS) is 16.1. The van der Waals surface area contributed by atoms with Gasteiger partial charge in [0, 0.05) is 41.7 Å². The summed E-state index contributed by atoms with van der Waals surface area (Å²) in [6.07, 6.45) is 4.06. The summed E-state index contributed by atoms with van der Waals surface area (Å²) in [5.41, 5.74) is 2.59. The lowest BCUT2D eigenvalue weighted by Gasteiger charge is -2.23. The van der Waals surface area contributed by atoms with Gasteiger partial charge < -0.3 is 15.4 Å². The first-order chi connectivity index (χ1) is 17.1. The Morgan fingerprint density at radius 2 is 2.14 bits per heavy atom. The average Bonchev–Trinajstić information content (AvgIpc) is 3.58. The molecule has 10 nitrogen and oxygen atoms in total. The molecule has 1 fully saturated rings. The lowest BCUT2D eigenvalue weighted by atomic mass is 10.2. The molecule has 4 heterocycles. The molecule has 0 saturated carbocycles. The summed E-state index contributed by atoms with van der Waals surface area (Å²) in [7, 11) is 1.70. The lowest BCUT2D eigenvalue weighted by Crippen LogP contribution is -2.38. The number of hydrogen-bond donors (Lipinski definition) is 3. The number of nitrogens with one attached hydrogen (secondary N) is 3. The molecular weight excluding hydrogens is 464 g/mol. The van der Waals surface area contributed by atoms with Gasteiger partial charge in [-0.05, 0) is 74.5 Å². The largest absolute Gasteiger partial charge is 0.383 e. The van der Waals surface area contributed by atoms with Crippen LogP contribution >= 0.6 is 11.8 Å². The SMILES string of the molecule is COC[C@H]1CCCN1CC(=O)Nc1ccc(Sc2nc(Nc3cc(C)[nH]n3)c3cccn3n2)cc1. The number of amides is 1. The van der Waals surface area contributed by atoms with E-state index in [-0.39, 0.29) is 5.91 Å². The van der Waals surface area contributed by atoms with Crippen LogP contribution in [0.4, 0.5) is 17.3 Å². The predicted octanol–water partition coefficient (Wildman–Crippen LogP) is 3.70. The molecule has 5 rings (SSSR count). The van der Waals surface area contributed by atoms with Crippen molar-refractivity contribution in [2.45, 2.75) is 35.9 Å². The smallest absolute Gasteiger partial charge is 0.238 e. The van der Waals surface area contributed by atoms with Gasteiger partial charge in [-0.2, -0.15) is 5.10 Å². The average molecular weight is 493 g/mol. The van der Waals surface area contributed by atoms with Gasteiger partial charge in [0.1, 0.15) is 5.52 Å². The first-order valence-corrected chi connectivity index (χ1v) is 12.3. The summed E-state index contributed by atoms with van der Waals surface area (Å²) in [4.78, 5) is 20.4. The topological polar surface area (TPSA) is 112 Å². The van der Waals surface area contributed by atoms with Crippen LogP contribution in [-0.4, -0.2) is 68.5 Å². The molecule has 0 radical (unpaired) electrons. The summed E-state index contributed by atoms with van der Waals surface area (Å²) < 4.78 is 7.07. The summed E-state index contributed by atoms with van der Waals surface area (Å²) in [5.74, 6) is 1.36. The van der Waals surface area contributed by atoms with Gasteiger partial charge in [0.05, 0.1) is 13.2 Å². The van der Waals surface area contributed by atoms with Crippen molar-refractivity contribution in [1.29, 1.82) is 0 Å². The molecular formula is C24H28N8O2S. The molecule has 11 heteroatoms. The lowest BCUT2D eigenvalue weighted by molar-refractivity contribution is -0.117. The second-order valence-corrected chi connectivity index (χ2v) is 9.58. The number of aryl methyl sites for hydroxylation is 1. The molecule has 1 aliphatic heterocycles. The fourth-order valence-electron chi connectivity index (χ4n) is 4.23. The number of aromatic amines is 1. The predicted molar refractivity (Wildman–Crippen MR) is 135 cm³/mol. The summed E-state index contributed by atoms with van der Waals surface area (Å²) in [5, 5.41) is 18.6. The summed E-state index contributed by atoms with van der Waals surface area (Å²) in [6.45, 7) is 3.91. The van der Waals surface area contributed by atoms with Crippen LogP contribution < -0.4 is 10.6 Å². The third kappa shape index (κ3) is 5.64. The third-order valence-electron chi connectivity index (χ3n) is 5.88. The number of carbonyl (C=O) groups excluding carboxylic acids is 1. The maximum Gasteiger partial charge on any atom is 0.238 e. The fourth-order valence-corrected chi connectivity index (χ4v) is 4.98. The molecule has 0 unspecified atom stereocenters. The Morgan fingerprint density at radius 1 is 1.29 bits per heavy atom. The first-order valence-electron chi connectivity index (χ1n) is 11.5. The minimum Gasteiger partial charge on any atom is -0.383 e. The molecule has 1 aliphatic rings. The van der Waals surface area contributed by atoms with E-state index in [4.69, 9.17) is 9.72 Å². The standard InChI is InChI=1S/C24H28N8O2S/c1-16-13-21(29-28-16)26-23-20-6-4-12-32(20)30-24(27-23)35-19-9-7-17(8-10-19)25-22(33)14-31-11-3-5-18(31)15-34-2/h4,6-10,12-13,18H,3,5,11,14-15H2,1-2H3,(H,25,33)(H2,26,27,28,29,30)/t18-/m1/s1. The molecule has 1 amide bonds. The fraction of sp³-hybridized carbons (Fsp3) is 0.333. The molecule has 0 bridgehead atoms. The van der Waals surface area contributed by atoms with Gasteiger partial charge in [-0.3, -0.25) is 14.8 Å². The van der Waals surface area contributed by atoms with Gasteiger partial charge in [0.2, 0.25) is 11.1 Å². The van der Waals surface area contributed by atoms with E-state index in [1.165, 1.54) is 11.8 Å². The number of fused-ring (bicyclic) bond motifs is 1. The number of nitrogens with zero attached hydrogens (tertiary/aromatic N) is 5. The first kappa shape index (κ1) is 23.3. The van der Waals surface area contributed by atoms with Gasteiger partial charge in [-0.25, -0.2) is 9.50 Å². The number of H-pyrrole nitrogens is 1. The quantitative estimate of drug-likeness (QED) is 0.324. The minimum absolute atomic E-state index is 0.0147. The van der Waals surface area contributed by atoms with Crippen LogP contribution in [0.25, 0.3) is 5.52 Å². The van der Waals surface area contributed by atoms with Crippen LogP contribution in [0, 0.1) is 6.92 Å². The molecule has 0 spiro atoms. The number of methoxy groups -OCH3 is 1. The van der Waals surface area contributed by atoms with Crippen molar-refractivity contribution in [2.24, 2.45) is 0 Å².